The number of aliphatic hydroxyl groups is 1. The molecule has 0 radical (unpaired) electrons. The van der Waals surface area contributed by atoms with Crippen LogP contribution in [0.25, 0.3) is 0 Å². The van der Waals surface area contributed by atoms with E-state index < -0.39 is 0 Å². The van der Waals surface area contributed by atoms with Crippen molar-refractivity contribution >= 4 is 0 Å². The third kappa shape index (κ3) is 37.3. The zero-order valence-electron chi connectivity index (χ0n) is 4.33. The first-order valence-corrected chi connectivity index (χ1v) is 1.84. The van der Waals surface area contributed by atoms with Crippen LogP contribution in [-0.2, 0) is 0 Å². The van der Waals surface area contributed by atoms with Crippen LogP contribution in [0.2, 0.25) is 0 Å². The van der Waals surface area contributed by atoms with Crippen molar-refractivity contribution in [3.63, 3.8) is 0 Å². The summed E-state index contributed by atoms with van der Waals surface area (Å²) in [6, 6.07) is 0. The van der Waals surface area contributed by atoms with Gasteiger partial charge in [-0.2, -0.15) is 0 Å². The number of hydrogen-bond donors (Lipinski definition) is 1. The third-order valence-electron chi connectivity index (χ3n) is 0.341. The van der Waals surface area contributed by atoms with Crippen LogP contribution in [0, 0.1) is 11.8 Å². The second-order valence-electron chi connectivity index (χ2n) is 0.976. The molecule has 7 heavy (non-hydrogen) atoms. The Hall–Kier alpha value is -0.810. The number of hydrogen-bond acceptors (Lipinski definition) is 2. The molecule has 0 aromatic heterocycles. The molecule has 0 saturated heterocycles. The fourth-order valence-electron chi connectivity index (χ4n) is 0. The van der Waals surface area contributed by atoms with E-state index in [1.165, 1.54) is 6.08 Å². The lowest BCUT2D eigenvalue weighted by atomic mass is 10.4. The van der Waals surface area contributed by atoms with Crippen LogP contribution in [0.15, 0.2) is 12.7 Å². The van der Waals surface area contributed by atoms with E-state index in [1.807, 2.05) is 0 Å². The maximum Gasteiger partial charge on any atom is 0.0690 e. The monoisotopic (exact) mass is 99.1 g/mol. The molecule has 0 spiro atoms. The Labute approximate surface area is 43.7 Å². The van der Waals surface area contributed by atoms with Gasteiger partial charge in [0.25, 0.3) is 0 Å². The summed E-state index contributed by atoms with van der Waals surface area (Å²) in [6.07, 6.45) is 1.12. The topological polar surface area (TPSA) is 44.0 Å². The molecule has 0 rings (SSSR count). The molecule has 0 aliphatic carbocycles. The molecule has 0 heterocycles. The second-order valence-corrected chi connectivity index (χ2v) is 0.976. The van der Waals surface area contributed by atoms with Crippen molar-refractivity contribution in [2.24, 2.45) is 0 Å². The zero-order chi connectivity index (χ0) is 6.28. The summed E-state index contributed by atoms with van der Waals surface area (Å²) < 4.78 is 0. The summed E-state index contributed by atoms with van der Waals surface area (Å²) in [5.41, 5.74) is 0. The van der Waals surface area contributed by atoms with E-state index in [0.717, 1.165) is 0 Å². The van der Waals surface area contributed by atoms with E-state index in [-0.39, 0.29) is 6.10 Å². The maximum atomic E-state index is 8.24. The van der Waals surface area contributed by atoms with Crippen LogP contribution in [0.5, 0.6) is 0 Å². The number of aliphatic hydroxyl groups excluding tert-OH is 1. The molecule has 0 amide bonds. The first-order chi connectivity index (χ1) is 3.27. The largest absolute Gasteiger partial charge is 0.389 e. The van der Waals surface area contributed by atoms with Gasteiger partial charge in [0, 0.05) is 6.57 Å². The maximum absolute atomic E-state index is 8.24. The highest BCUT2D eigenvalue weighted by Gasteiger charge is 1.75. The normalized spacial score (nSPS) is 10.3. The van der Waals surface area contributed by atoms with Crippen molar-refractivity contribution in [1.82, 2.24) is 0 Å². The third-order valence-corrected chi connectivity index (χ3v) is 0.341. The molecule has 0 aromatic carbocycles. The first kappa shape index (κ1) is 9.50. The van der Waals surface area contributed by atoms with Crippen molar-refractivity contribution in [3.8, 4) is 6.57 Å². The van der Waals surface area contributed by atoms with E-state index in [4.69, 9.17) is 10.4 Å². The first-order valence-electron chi connectivity index (χ1n) is 1.84. The van der Waals surface area contributed by atoms with Gasteiger partial charge in [-0.25, -0.2) is 5.26 Å². The van der Waals surface area contributed by atoms with Gasteiger partial charge < -0.3 is 5.11 Å². The van der Waals surface area contributed by atoms with Crippen molar-refractivity contribution in [2.45, 2.75) is 13.0 Å². The van der Waals surface area contributed by atoms with Gasteiger partial charge in [-0.3, -0.25) is 0 Å². The zero-order valence-corrected chi connectivity index (χ0v) is 4.33. The van der Waals surface area contributed by atoms with Gasteiger partial charge in [0.05, 0.1) is 6.10 Å². The van der Waals surface area contributed by atoms with Crippen LogP contribution >= 0.6 is 0 Å². The summed E-state index contributed by atoms with van der Waals surface area (Å²) in [5, 5.41) is 14.7. The molecule has 0 aliphatic rings. The van der Waals surface area contributed by atoms with E-state index in [2.05, 4.69) is 13.2 Å². The van der Waals surface area contributed by atoms with Gasteiger partial charge in [0.1, 0.15) is 0 Å². The van der Waals surface area contributed by atoms with Crippen LogP contribution < -0.4 is 0 Å². The molecule has 0 saturated carbocycles. The number of nitrogens with zero attached hydrogens (tertiary/aromatic N) is 1. The Morgan fingerprint density at radius 3 is 2.00 bits per heavy atom. The average molecular weight is 99.1 g/mol. The molecule has 0 aliphatic heterocycles. The summed E-state index contributed by atoms with van der Waals surface area (Å²) in [7, 11) is 0. The van der Waals surface area contributed by atoms with Gasteiger partial charge in [-0.05, 0) is 6.92 Å². The minimum atomic E-state index is -0.352. The lowest BCUT2D eigenvalue weighted by Gasteiger charge is -1.84. The summed E-state index contributed by atoms with van der Waals surface area (Å²) in [4.78, 5) is 0. The molecular weight excluding hydrogens is 90.1 g/mol. The second kappa shape index (κ2) is 8.95. The molecule has 40 valence electrons. The molecule has 2 heteroatoms. The predicted molar refractivity (Wildman–Crippen MR) is 28.5 cm³/mol. The van der Waals surface area contributed by atoms with Gasteiger partial charge in [-0.1, -0.05) is 6.08 Å². The Balaban J connectivity index is 0. The van der Waals surface area contributed by atoms with Crippen molar-refractivity contribution < 1.29 is 5.11 Å². The standard InChI is InChI=1S/C4H8O.CHN/c1-3-4(2)5;1-2/h3-5H,1H2,2H3;1H. The highest BCUT2D eigenvalue weighted by molar-refractivity contribution is 4.72. The highest BCUT2D eigenvalue weighted by atomic mass is 16.3. The highest BCUT2D eigenvalue weighted by Crippen LogP contribution is 1.73. The SMILES string of the molecule is C#N.C=CC(C)O. The molecular formula is C5H9NO. The molecule has 0 bridgehead atoms. The number of rotatable bonds is 1. The Morgan fingerprint density at radius 2 is 2.00 bits per heavy atom. The summed E-state index contributed by atoms with van der Waals surface area (Å²) in [5.74, 6) is 0. The van der Waals surface area contributed by atoms with E-state index >= 15 is 0 Å². The van der Waals surface area contributed by atoms with Crippen molar-refractivity contribution in [1.29, 1.82) is 5.26 Å². The molecule has 0 aromatic rings. The smallest absolute Gasteiger partial charge is 0.0690 e. The average Bonchev–Trinajstić information content (AvgIpc) is 1.73. The Kier molecular flexibility index (Phi) is 12.1. The predicted octanol–water partition coefficient (Wildman–Crippen LogP) is 0.693. The fraction of sp³-hybridized carbons (Fsp3) is 0.400. The van der Waals surface area contributed by atoms with Crippen LogP contribution in [0.4, 0.5) is 0 Å². The summed E-state index contributed by atoms with van der Waals surface area (Å²) in [6.45, 7) is 8.47. The minimum Gasteiger partial charge on any atom is -0.389 e. The molecule has 1 atom stereocenters. The Bertz CT molecular complexity index is 56.3. The van der Waals surface area contributed by atoms with Gasteiger partial charge in [-0.15, -0.1) is 6.58 Å². The van der Waals surface area contributed by atoms with E-state index in [0.29, 0.717) is 0 Å². The van der Waals surface area contributed by atoms with Gasteiger partial charge in [0.15, 0.2) is 0 Å². The van der Waals surface area contributed by atoms with Crippen LogP contribution in [0.1, 0.15) is 6.92 Å². The lowest BCUT2D eigenvalue weighted by molar-refractivity contribution is 0.244. The summed E-state index contributed by atoms with van der Waals surface area (Å²) >= 11 is 0. The molecule has 0 fully saturated rings. The molecule has 2 nitrogen and oxygen atoms in total. The van der Waals surface area contributed by atoms with Gasteiger partial charge in [0.2, 0.25) is 0 Å². The van der Waals surface area contributed by atoms with E-state index in [1.54, 1.807) is 6.92 Å². The van der Waals surface area contributed by atoms with Crippen molar-refractivity contribution in [3.05, 3.63) is 12.7 Å². The minimum absolute atomic E-state index is 0.352. The fourth-order valence-corrected chi connectivity index (χ4v) is 0. The lowest BCUT2D eigenvalue weighted by Crippen LogP contribution is -1.88. The Morgan fingerprint density at radius 1 is 1.86 bits per heavy atom. The van der Waals surface area contributed by atoms with Crippen LogP contribution in [-0.4, -0.2) is 11.2 Å². The van der Waals surface area contributed by atoms with Crippen LogP contribution in [0.3, 0.4) is 0 Å². The number of nitriles is 1. The van der Waals surface area contributed by atoms with E-state index in [9.17, 15) is 0 Å². The quantitative estimate of drug-likeness (QED) is 0.491. The van der Waals surface area contributed by atoms with Crippen molar-refractivity contribution in [2.75, 3.05) is 0 Å². The molecule has 1 unspecified atom stereocenters. The molecule has 1 N–H and O–H groups in total. The van der Waals surface area contributed by atoms with Gasteiger partial charge >= 0.3 is 0 Å².